The minimum atomic E-state index is -3.59. The van der Waals surface area contributed by atoms with Gasteiger partial charge in [0.1, 0.15) is 4.21 Å². The van der Waals surface area contributed by atoms with Crippen LogP contribution in [0.25, 0.3) is 10.1 Å². The highest BCUT2D eigenvalue weighted by molar-refractivity contribution is 7.91. The highest BCUT2D eigenvalue weighted by Crippen LogP contribution is 2.35. The number of sulfonamides is 1. The second-order valence-corrected chi connectivity index (χ2v) is 7.99. The topological polar surface area (TPSA) is 75.3 Å². The Morgan fingerprint density at radius 3 is 2.71 bits per heavy atom. The van der Waals surface area contributed by atoms with E-state index in [1.807, 2.05) is 6.07 Å². The molecule has 0 saturated heterocycles. The van der Waals surface area contributed by atoms with E-state index >= 15 is 0 Å². The van der Waals surface area contributed by atoms with Gasteiger partial charge in [0.15, 0.2) is 0 Å². The van der Waals surface area contributed by atoms with Gasteiger partial charge in [-0.2, -0.15) is 0 Å². The van der Waals surface area contributed by atoms with Crippen molar-refractivity contribution in [2.45, 2.75) is 18.1 Å². The van der Waals surface area contributed by atoms with Crippen LogP contribution in [0.5, 0.6) is 0 Å². The number of nitrogens with one attached hydrogen (secondary N) is 2. The van der Waals surface area contributed by atoms with Crippen LogP contribution in [-0.2, 0) is 14.8 Å². The van der Waals surface area contributed by atoms with Crippen molar-refractivity contribution in [3.63, 3.8) is 0 Å². The summed E-state index contributed by atoms with van der Waals surface area (Å²) in [7, 11) is -3.59. The Labute approximate surface area is 132 Å². The van der Waals surface area contributed by atoms with Crippen LogP contribution in [0.3, 0.4) is 0 Å². The third kappa shape index (κ3) is 3.74. The number of hydrogen-bond donors (Lipinski definition) is 2. The molecule has 0 aliphatic carbocycles. The van der Waals surface area contributed by atoms with E-state index in [4.69, 9.17) is 11.6 Å². The molecule has 2 rings (SSSR count). The predicted molar refractivity (Wildman–Crippen MR) is 85.4 cm³/mol. The standard InChI is InChI=1S/C13H15ClN2O3S2/c1-8-11-7-10(14)3-4-12(11)20-13(8)21(18,19)16-6-5-15-9(2)17/h3-4,7,16H,5-6H2,1-2H3,(H,15,17). The Kier molecular flexibility index (Phi) is 4.88. The summed E-state index contributed by atoms with van der Waals surface area (Å²) >= 11 is 7.15. The van der Waals surface area contributed by atoms with E-state index in [1.54, 1.807) is 19.1 Å². The summed E-state index contributed by atoms with van der Waals surface area (Å²) < 4.78 is 28.2. The van der Waals surface area contributed by atoms with E-state index < -0.39 is 10.0 Å². The van der Waals surface area contributed by atoms with Crippen LogP contribution in [0.1, 0.15) is 12.5 Å². The Morgan fingerprint density at radius 2 is 2.05 bits per heavy atom. The second kappa shape index (κ2) is 6.31. The van der Waals surface area contributed by atoms with Gasteiger partial charge in [0.2, 0.25) is 15.9 Å². The van der Waals surface area contributed by atoms with Gasteiger partial charge in [0, 0.05) is 29.7 Å². The minimum Gasteiger partial charge on any atom is -0.355 e. The fourth-order valence-corrected chi connectivity index (χ4v) is 4.91. The molecule has 0 spiro atoms. The summed E-state index contributed by atoms with van der Waals surface area (Å²) in [5.41, 5.74) is 0.685. The normalized spacial score (nSPS) is 11.8. The van der Waals surface area contributed by atoms with Crippen molar-refractivity contribution >= 4 is 49.0 Å². The molecule has 0 fully saturated rings. The molecule has 5 nitrogen and oxygen atoms in total. The second-order valence-electron chi connectivity index (χ2n) is 4.54. The van der Waals surface area contributed by atoms with E-state index in [9.17, 15) is 13.2 Å². The van der Waals surface area contributed by atoms with Gasteiger partial charge in [0.25, 0.3) is 0 Å². The Morgan fingerprint density at radius 1 is 1.33 bits per heavy atom. The number of halogens is 1. The number of aryl methyl sites for hydroxylation is 1. The van der Waals surface area contributed by atoms with Crippen LogP contribution in [-0.4, -0.2) is 27.4 Å². The lowest BCUT2D eigenvalue weighted by molar-refractivity contribution is -0.118. The summed E-state index contributed by atoms with van der Waals surface area (Å²) in [6.07, 6.45) is 0. The van der Waals surface area contributed by atoms with Crippen molar-refractivity contribution in [1.82, 2.24) is 10.0 Å². The van der Waals surface area contributed by atoms with Crippen LogP contribution < -0.4 is 10.0 Å². The number of carbonyl (C=O) groups is 1. The first-order chi connectivity index (χ1) is 9.81. The zero-order chi connectivity index (χ0) is 15.6. The molecule has 1 amide bonds. The van der Waals surface area contributed by atoms with E-state index in [0.717, 1.165) is 10.1 Å². The Balaban J connectivity index is 2.24. The lowest BCUT2D eigenvalue weighted by Gasteiger charge is -2.06. The van der Waals surface area contributed by atoms with Crippen LogP contribution in [0.15, 0.2) is 22.4 Å². The highest BCUT2D eigenvalue weighted by Gasteiger charge is 2.21. The number of hydrogen-bond acceptors (Lipinski definition) is 4. The molecule has 8 heteroatoms. The summed E-state index contributed by atoms with van der Waals surface area (Å²) in [5, 5.41) is 3.96. The molecule has 1 heterocycles. The minimum absolute atomic E-state index is 0.149. The first-order valence-electron chi connectivity index (χ1n) is 6.24. The third-order valence-corrected chi connectivity index (χ3v) is 6.48. The van der Waals surface area contributed by atoms with Crippen molar-refractivity contribution in [2.75, 3.05) is 13.1 Å². The quantitative estimate of drug-likeness (QED) is 0.815. The number of carbonyl (C=O) groups excluding carboxylic acids is 1. The average molecular weight is 347 g/mol. The first kappa shape index (κ1) is 16.2. The van der Waals surface area contributed by atoms with Crippen molar-refractivity contribution < 1.29 is 13.2 Å². The van der Waals surface area contributed by atoms with Gasteiger partial charge in [-0.15, -0.1) is 11.3 Å². The molecule has 0 aliphatic heterocycles. The van der Waals surface area contributed by atoms with Gasteiger partial charge in [-0.3, -0.25) is 4.79 Å². The highest BCUT2D eigenvalue weighted by atomic mass is 35.5. The van der Waals surface area contributed by atoms with Gasteiger partial charge in [-0.1, -0.05) is 11.6 Å². The van der Waals surface area contributed by atoms with Crippen LogP contribution >= 0.6 is 22.9 Å². The van der Waals surface area contributed by atoms with Crippen LogP contribution in [0.4, 0.5) is 0 Å². The zero-order valence-electron chi connectivity index (χ0n) is 11.6. The molecule has 0 radical (unpaired) electrons. The zero-order valence-corrected chi connectivity index (χ0v) is 14.0. The van der Waals surface area contributed by atoms with Gasteiger partial charge in [-0.05, 0) is 36.1 Å². The molecule has 114 valence electrons. The van der Waals surface area contributed by atoms with Crippen molar-refractivity contribution in [3.8, 4) is 0 Å². The third-order valence-electron chi connectivity index (χ3n) is 2.89. The maximum Gasteiger partial charge on any atom is 0.250 e. The van der Waals surface area contributed by atoms with E-state index in [0.29, 0.717) is 10.6 Å². The monoisotopic (exact) mass is 346 g/mol. The molecule has 0 bridgehead atoms. The molecule has 2 N–H and O–H groups in total. The summed E-state index contributed by atoms with van der Waals surface area (Å²) in [5.74, 6) is -0.193. The smallest absolute Gasteiger partial charge is 0.250 e. The SMILES string of the molecule is CC(=O)NCCNS(=O)(=O)c1sc2ccc(Cl)cc2c1C. The summed E-state index contributed by atoms with van der Waals surface area (Å²) in [6, 6.07) is 5.31. The van der Waals surface area contributed by atoms with Crippen molar-refractivity contribution in [1.29, 1.82) is 0 Å². The number of benzene rings is 1. The molecule has 1 aromatic carbocycles. The lowest BCUT2D eigenvalue weighted by atomic mass is 10.2. The lowest BCUT2D eigenvalue weighted by Crippen LogP contribution is -2.33. The van der Waals surface area contributed by atoms with Crippen molar-refractivity contribution in [3.05, 3.63) is 28.8 Å². The van der Waals surface area contributed by atoms with E-state index in [1.165, 1.54) is 18.3 Å². The average Bonchev–Trinajstić information content (AvgIpc) is 2.73. The number of thiophene rings is 1. The van der Waals surface area contributed by atoms with E-state index in [2.05, 4.69) is 10.0 Å². The molecule has 0 saturated carbocycles. The molecule has 1 aromatic heterocycles. The van der Waals surface area contributed by atoms with Crippen LogP contribution in [0, 0.1) is 6.92 Å². The van der Waals surface area contributed by atoms with Gasteiger partial charge in [0.05, 0.1) is 0 Å². The van der Waals surface area contributed by atoms with Crippen molar-refractivity contribution in [2.24, 2.45) is 0 Å². The maximum absolute atomic E-state index is 12.3. The van der Waals surface area contributed by atoms with Crippen LogP contribution in [0.2, 0.25) is 5.02 Å². The largest absolute Gasteiger partial charge is 0.355 e. The Hall–Kier alpha value is -1.15. The van der Waals surface area contributed by atoms with Gasteiger partial charge < -0.3 is 5.32 Å². The van der Waals surface area contributed by atoms with Gasteiger partial charge >= 0.3 is 0 Å². The molecule has 2 aromatic rings. The van der Waals surface area contributed by atoms with Gasteiger partial charge in [-0.25, -0.2) is 13.1 Å². The number of amides is 1. The number of rotatable bonds is 5. The number of fused-ring (bicyclic) bond motifs is 1. The molecular weight excluding hydrogens is 332 g/mol. The maximum atomic E-state index is 12.3. The molecule has 0 unspecified atom stereocenters. The predicted octanol–water partition coefficient (Wildman–Crippen LogP) is 2.28. The summed E-state index contributed by atoms with van der Waals surface area (Å²) in [6.45, 7) is 3.55. The first-order valence-corrected chi connectivity index (χ1v) is 8.92. The molecular formula is C13H15ClN2O3S2. The van der Waals surface area contributed by atoms with E-state index in [-0.39, 0.29) is 23.2 Å². The fourth-order valence-electron chi connectivity index (χ4n) is 1.92. The fraction of sp³-hybridized carbons (Fsp3) is 0.308. The summed E-state index contributed by atoms with van der Waals surface area (Å²) in [4.78, 5) is 10.7. The molecule has 21 heavy (non-hydrogen) atoms. The molecule has 0 aliphatic rings. The Bertz CT molecular complexity index is 784. The molecule has 0 atom stereocenters.